The van der Waals surface area contributed by atoms with Crippen LogP contribution in [0.2, 0.25) is 0 Å². The summed E-state index contributed by atoms with van der Waals surface area (Å²) in [6.07, 6.45) is 11.5. The van der Waals surface area contributed by atoms with Crippen LogP contribution < -0.4 is 0 Å². The van der Waals surface area contributed by atoms with Gasteiger partial charge in [0.2, 0.25) is 0 Å². The van der Waals surface area contributed by atoms with E-state index in [0.717, 1.165) is 36.2 Å². The molecular formula is C19H20N4O. The topological polar surface area (TPSA) is 52.8 Å². The first kappa shape index (κ1) is 14.1. The molecule has 5 rings (SSSR count). The standard InChI is InChI=1S/C19H20N4O/c1-2-9-24-18(5-1)23-17-12-21-16(14-4-3-8-20-11-14)10-15(17)19(22-23)13-6-7-13/h3-4,8,10-13,18H,1-2,5-7,9H2. The molecule has 3 aromatic heterocycles. The molecule has 1 aliphatic carbocycles. The second-order valence-corrected chi connectivity index (χ2v) is 6.75. The van der Waals surface area contributed by atoms with E-state index in [-0.39, 0.29) is 6.23 Å². The second kappa shape index (κ2) is 5.67. The molecule has 3 aromatic rings. The Kier molecular flexibility index (Phi) is 3.33. The highest BCUT2D eigenvalue weighted by atomic mass is 16.5. The first-order chi connectivity index (χ1) is 11.9. The number of hydrogen-bond donors (Lipinski definition) is 0. The number of pyridine rings is 2. The lowest BCUT2D eigenvalue weighted by atomic mass is 10.1. The van der Waals surface area contributed by atoms with Gasteiger partial charge in [-0.15, -0.1) is 0 Å². The second-order valence-electron chi connectivity index (χ2n) is 6.75. The molecule has 0 aromatic carbocycles. The molecule has 5 heteroatoms. The SMILES string of the molecule is c1cncc(-c2cc3c(C4CC4)nn(C4CCCCO4)c3cn2)c1. The summed E-state index contributed by atoms with van der Waals surface area (Å²) >= 11 is 0. The fourth-order valence-corrected chi connectivity index (χ4v) is 3.53. The number of aromatic nitrogens is 4. The number of nitrogens with zero attached hydrogens (tertiary/aromatic N) is 4. The largest absolute Gasteiger partial charge is 0.356 e. The van der Waals surface area contributed by atoms with E-state index in [4.69, 9.17) is 9.84 Å². The molecule has 122 valence electrons. The summed E-state index contributed by atoms with van der Waals surface area (Å²) in [4.78, 5) is 8.88. The van der Waals surface area contributed by atoms with Crippen molar-refractivity contribution in [3.05, 3.63) is 42.5 Å². The Labute approximate surface area is 140 Å². The van der Waals surface area contributed by atoms with Gasteiger partial charge in [0.15, 0.2) is 6.23 Å². The molecule has 2 fully saturated rings. The quantitative estimate of drug-likeness (QED) is 0.730. The number of rotatable bonds is 3. The third-order valence-electron chi connectivity index (χ3n) is 4.97. The molecule has 1 unspecified atom stereocenters. The van der Waals surface area contributed by atoms with Crippen molar-refractivity contribution in [3.63, 3.8) is 0 Å². The highest BCUT2D eigenvalue weighted by Gasteiger charge is 2.31. The van der Waals surface area contributed by atoms with Crippen molar-refractivity contribution in [1.82, 2.24) is 19.7 Å². The summed E-state index contributed by atoms with van der Waals surface area (Å²) in [6.45, 7) is 0.825. The Hall–Kier alpha value is -2.27. The highest BCUT2D eigenvalue weighted by molar-refractivity contribution is 5.85. The Morgan fingerprint density at radius 2 is 2.08 bits per heavy atom. The molecule has 0 radical (unpaired) electrons. The van der Waals surface area contributed by atoms with Gasteiger partial charge in [-0.1, -0.05) is 0 Å². The molecule has 1 saturated heterocycles. The van der Waals surface area contributed by atoms with Gasteiger partial charge in [0, 0.05) is 35.9 Å². The average Bonchev–Trinajstić information content (AvgIpc) is 3.43. The fraction of sp³-hybridized carbons (Fsp3) is 0.421. The van der Waals surface area contributed by atoms with Crippen LogP contribution in [-0.4, -0.2) is 26.4 Å². The maximum atomic E-state index is 5.96. The summed E-state index contributed by atoms with van der Waals surface area (Å²) in [6, 6.07) is 6.17. The minimum atomic E-state index is 0.0554. The van der Waals surface area contributed by atoms with Crippen LogP contribution in [-0.2, 0) is 4.74 Å². The maximum absolute atomic E-state index is 5.96. The van der Waals surface area contributed by atoms with Gasteiger partial charge in [-0.25, -0.2) is 4.68 Å². The summed E-state index contributed by atoms with van der Waals surface area (Å²) in [7, 11) is 0. The molecule has 0 spiro atoms. The lowest BCUT2D eigenvalue weighted by molar-refractivity contribution is -0.0369. The van der Waals surface area contributed by atoms with Crippen LogP contribution in [0.1, 0.15) is 49.9 Å². The molecular weight excluding hydrogens is 300 g/mol. The van der Waals surface area contributed by atoms with E-state index in [1.54, 1.807) is 6.20 Å². The van der Waals surface area contributed by atoms with Crippen LogP contribution in [0.5, 0.6) is 0 Å². The Morgan fingerprint density at radius 3 is 2.83 bits per heavy atom. The van der Waals surface area contributed by atoms with E-state index in [1.807, 2.05) is 24.5 Å². The molecule has 2 aliphatic rings. The molecule has 4 heterocycles. The summed E-state index contributed by atoms with van der Waals surface area (Å²) in [5, 5.41) is 6.17. The van der Waals surface area contributed by atoms with Crippen LogP contribution in [0.3, 0.4) is 0 Å². The highest BCUT2D eigenvalue weighted by Crippen LogP contribution is 2.43. The first-order valence-corrected chi connectivity index (χ1v) is 8.80. The summed E-state index contributed by atoms with van der Waals surface area (Å²) < 4.78 is 8.03. The minimum Gasteiger partial charge on any atom is -0.356 e. The van der Waals surface area contributed by atoms with Gasteiger partial charge in [0.1, 0.15) is 0 Å². The zero-order valence-electron chi connectivity index (χ0n) is 13.6. The maximum Gasteiger partial charge on any atom is 0.150 e. The van der Waals surface area contributed by atoms with Gasteiger partial charge in [-0.3, -0.25) is 9.97 Å². The zero-order valence-corrected chi connectivity index (χ0v) is 13.6. The van der Waals surface area contributed by atoms with Crippen molar-refractivity contribution in [2.24, 2.45) is 0 Å². The molecule has 1 atom stereocenters. The number of hydrogen-bond acceptors (Lipinski definition) is 4. The van der Waals surface area contributed by atoms with Gasteiger partial charge in [-0.05, 0) is 50.3 Å². The van der Waals surface area contributed by atoms with E-state index in [2.05, 4.69) is 20.7 Å². The van der Waals surface area contributed by atoms with Crippen molar-refractivity contribution in [2.45, 2.75) is 44.2 Å². The minimum absolute atomic E-state index is 0.0554. The summed E-state index contributed by atoms with van der Waals surface area (Å²) in [5.41, 5.74) is 4.31. The Bertz CT molecular complexity index is 864. The van der Waals surface area contributed by atoms with Gasteiger partial charge in [0.25, 0.3) is 0 Å². The van der Waals surface area contributed by atoms with Crippen molar-refractivity contribution in [2.75, 3.05) is 6.61 Å². The van der Waals surface area contributed by atoms with Crippen molar-refractivity contribution < 1.29 is 4.74 Å². The number of ether oxygens (including phenoxy) is 1. The summed E-state index contributed by atoms with van der Waals surface area (Å²) in [5.74, 6) is 0.599. The van der Waals surface area contributed by atoms with E-state index < -0.39 is 0 Å². The predicted molar refractivity (Wildman–Crippen MR) is 91.6 cm³/mol. The fourth-order valence-electron chi connectivity index (χ4n) is 3.53. The molecule has 1 saturated carbocycles. The lowest BCUT2D eigenvalue weighted by Gasteiger charge is -2.23. The van der Waals surface area contributed by atoms with Crippen LogP contribution in [0.4, 0.5) is 0 Å². The Balaban J connectivity index is 1.64. The third-order valence-corrected chi connectivity index (χ3v) is 4.97. The van der Waals surface area contributed by atoms with Gasteiger partial charge < -0.3 is 4.74 Å². The van der Waals surface area contributed by atoms with Crippen LogP contribution in [0.15, 0.2) is 36.8 Å². The van der Waals surface area contributed by atoms with E-state index in [0.29, 0.717) is 5.92 Å². The third kappa shape index (κ3) is 2.40. The van der Waals surface area contributed by atoms with E-state index in [1.165, 1.54) is 30.3 Å². The molecule has 24 heavy (non-hydrogen) atoms. The van der Waals surface area contributed by atoms with Gasteiger partial charge in [0.05, 0.1) is 23.1 Å². The van der Waals surface area contributed by atoms with Crippen molar-refractivity contribution in [1.29, 1.82) is 0 Å². The van der Waals surface area contributed by atoms with Crippen molar-refractivity contribution in [3.8, 4) is 11.3 Å². The molecule has 1 aliphatic heterocycles. The molecule has 0 N–H and O–H groups in total. The molecule has 5 nitrogen and oxygen atoms in total. The van der Waals surface area contributed by atoms with E-state index in [9.17, 15) is 0 Å². The average molecular weight is 320 g/mol. The lowest BCUT2D eigenvalue weighted by Crippen LogP contribution is -2.19. The molecule has 0 amide bonds. The zero-order chi connectivity index (χ0) is 15.9. The van der Waals surface area contributed by atoms with Crippen LogP contribution in [0, 0.1) is 0 Å². The first-order valence-electron chi connectivity index (χ1n) is 8.80. The van der Waals surface area contributed by atoms with Gasteiger partial charge in [-0.2, -0.15) is 5.10 Å². The van der Waals surface area contributed by atoms with Crippen molar-refractivity contribution >= 4 is 10.9 Å². The smallest absolute Gasteiger partial charge is 0.150 e. The molecule has 0 bridgehead atoms. The Morgan fingerprint density at radius 1 is 1.12 bits per heavy atom. The predicted octanol–water partition coefficient (Wildman–Crippen LogP) is 4.07. The number of fused-ring (bicyclic) bond motifs is 1. The van der Waals surface area contributed by atoms with E-state index >= 15 is 0 Å². The normalized spacial score (nSPS) is 21.2. The monoisotopic (exact) mass is 320 g/mol. The van der Waals surface area contributed by atoms with Crippen LogP contribution >= 0.6 is 0 Å². The van der Waals surface area contributed by atoms with Crippen LogP contribution in [0.25, 0.3) is 22.2 Å². The van der Waals surface area contributed by atoms with Gasteiger partial charge >= 0.3 is 0 Å².